The van der Waals surface area contributed by atoms with E-state index in [1.54, 1.807) is 6.20 Å². The van der Waals surface area contributed by atoms with Crippen LogP contribution in [0.5, 0.6) is 11.6 Å². The molecule has 34 heavy (non-hydrogen) atoms. The molecule has 1 aliphatic heterocycles. The number of benzene rings is 1. The van der Waals surface area contributed by atoms with Gasteiger partial charge in [0.05, 0.1) is 11.6 Å². The van der Waals surface area contributed by atoms with Gasteiger partial charge in [-0.05, 0) is 36.5 Å². The lowest BCUT2D eigenvalue weighted by Crippen LogP contribution is -2.43. The number of piperazine rings is 1. The number of carbonyl (C=O) groups is 1. The Morgan fingerprint density at radius 3 is 2.62 bits per heavy atom. The van der Waals surface area contributed by atoms with Crippen LogP contribution in [0.3, 0.4) is 0 Å². The highest BCUT2D eigenvalue weighted by molar-refractivity contribution is 5.71. The van der Waals surface area contributed by atoms with E-state index in [1.165, 1.54) is 0 Å². The van der Waals surface area contributed by atoms with E-state index in [-0.39, 0.29) is 5.92 Å². The zero-order chi connectivity index (χ0) is 23.9. The topological polar surface area (TPSA) is 129 Å². The summed E-state index contributed by atoms with van der Waals surface area (Å²) in [4.78, 5) is 18.8. The van der Waals surface area contributed by atoms with E-state index >= 15 is 0 Å². The molecule has 0 spiro atoms. The Kier molecular flexibility index (Phi) is 7.69. The molecule has 0 amide bonds. The fourth-order valence-electron chi connectivity index (χ4n) is 4.35. The van der Waals surface area contributed by atoms with Crippen LogP contribution in [0.25, 0.3) is 0 Å². The zero-order valence-corrected chi connectivity index (χ0v) is 19.5. The minimum absolute atomic E-state index is 0.222. The van der Waals surface area contributed by atoms with E-state index in [1.807, 2.05) is 44.2 Å². The summed E-state index contributed by atoms with van der Waals surface area (Å²) in [7, 11) is 0. The maximum Gasteiger partial charge on any atom is 0.307 e. The normalized spacial score (nSPS) is 15.8. The van der Waals surface area contributed by atoms with Crippen molar-refractivity contribution in [3.8, 4) is 11.6 Å². The van der Waals surface area contributed by atoms with Gasteiger partial charge in [-0.3, -0.25) is 4.79 Å². The quantitative estimate of drug-likeness (QED) is 0.414. The lowest BCUT2D eigenvalue weighted by Gasteiger charge is -2.30. The van der Waals surface area contributed by atoms with Crippen molar-refractivity contribution < 1.29 is 14.6 Å². The van der Waals surface area contributed by atoms with Crippen LogP contribution >= 0.6 is 0 Å². The van der Waals surface area contributed by atoms with Crippen LogP contribution in [0.2, 0.25) is 0 Å². The van der Waals surface area contributed by atoms with E-state index < -0.39 is 17.8 Å². The molecule has 3 aromatic rings. The molecule has 0 radical (unpaired) electrons. The number of rotatable bonds is 10. The van der Waals surface area contributed by atoms with Crippen molar-refractivity contribution in [3.63, 3.8) is 0 Å². The van der Waals surface area contributed by atoms with Crippen LogP contribution in [0, 0.1) is 11.8 Å². The van der Waals surface area contributed by atoms with Gasteiger partial charge >= 0.3 is 5.97 Å². The molecule has 1 saturated heterocycles. The monoisotopic (exact) mass is 465 g/mol. The summed E-state index contributed by atoms with van der Waals surface area (Å²) in [6, 6.07) is 11.7. The Morgan fingerprint density at radius 1 is 1.18 bits per heavy atom. The molecule has 10 heteroatoms. The third-order valence-corrected chi connectivity index (χ3v) is 6.01. The number of hydrogen-bond acceptors (Lipinski definition) is 8. The fourth-order valence-corrected chi connectivity index (χ4v) is 4.35. The third kappa shape index (κ3) is 5.88. The number of aromatic nitrogens is 5. The molecule has 3 heterocycles. The number of H-pyrrole nitrogens is 1. The molecule has 2 aromatic heterocycles. The van der Waals surface area contributed by atoms with Gasteiger partial charge in [0.25, 0.3) is 0 Å². The second kappa shape index (κ2) is 11.1. The second-order valence-electron chi connectivity index (χ2n) is 8.97. The number of anilines is 1. The van der Waals surface area contributed by atoms with Crippen LogP contribution < -0.4 is 15.0 Å². The van der Waals surface area contributed by atoms with Gasteiger partial charge in [-0.15, -0.1) is 10.2 Å². The van der Waals surface area contributed by atoms with Crippen molar-refractivity contribution >= 4 is 11.7 Å². The van der Waals surface area contributed by atoms with Crippen molar-refractivity contribution in [2.24, 2.45) is 11.8 Å². The van der Waals surface area contributed by atoms with Gasteiger partial charge in [-0.2, -0.15) is 5.21 Å². The number of aliphatic carboxylic acids is 1. The van der Waals surface area contributed by atoms with Gasteiger partial charge in [-0.1, -0.05) is 37.3 Å². The predicted octanol–water partition coefficient (Wildman–Crippen LogP) is 2.87. The van der Waals surface area contributed by atoms with Crippen molar-refractivity contribution in [2.75, 3.05) is 31.1 Å². The molecule has 1 aromatic carbocycles. The fraction of sp³-hybridized carbons (Fsp3) is 0.458. The number of nitrogens with one attached hydrogen (secondary N) is 2. The lowest BCUT2D eigenvalue weighted by atomic mass is 9.81. The Bertz CT molecular complexity index is 1050. The molecular weight excluding hydrogens is 434 g/mol. The average molecular weight is 466 g/mol. The maximum absolute atomic E-state index is 12.1. The first-order chi connectivity index (χ1) is 16.5. The molecule has 2 atom stereocenters. The van der Waals surface area contributed by atoms with Gasteiger partial charge in [-0.25, -0.2) is 4.98 Å². The van der Waals surface area contributed by atoms with Crippen LogP contribution in [0.15, 0.2) is 42.6 Å². The van der Waals surface area contributed by atoms with Gasteiger partial charge in [0.15, 0.2) is 11.6 Å². The minimum Gasteiger partial charge on any atom is -0.481 e. The first-order valence-electron chi connectivity index (χ1n) is 11.6. The van der Waals surface area contributed by atoms with Crippen molar-refractivity contribution in [3.05, 3.63) is 54.0 Å². The molecule has 0 saturated carbocycles. The van der Waals surface area contributed by atoms with Crippen LogP contribution in [-0.4, -0.2) is 62.9 Å². The smallest absolute Gasteiger partial charge is 0.307 e. The minimum atomic E-state index is -0.860. The summed E-state index contributed by atoms with van der Waals surface area (Å²) < 4.78 is 6.13. The van der Waals surface area contributed by atoms with E-state index in [0.29, 0.717) is 24.5 Å². The maximum atomic E-state index is 12.1. The Hall–Kier alpha value is -3.53. The van der Waals surface area contributed by atoms with Crippen LogP contribution in [0.4, 0.5) is 5.69 Å². The van der Waals surface area contributed by atoms with Crippen LogP contribution in [0.1, 0.15) is 37.6 Å². The number of nitrogens with zero attached hydrogens (tertiary/aromatic N) is 5. The van der Waals surface area contributed by atoms with E-state index in [4.69, 9.17) is 4.74 Å². The number of ether oxygens (including phenoxy) is 1. The first-order valence-corrected chi connectivity index (χ1v) is 11.6. The number of aromatic amines is 1. The molecule has 1 fully saturated rings. The molecule has 180 valence electrons. The summed E-state index contributed by atoms with van der Waals surface area (Å²) in [6.07, 6.45) is 2.68. The van der Waals surface area contributed by atoms with Gasteiger partial charge in [0, 0.05) is 44.4 Å². The standard InChI is InChI=1S/C24H31N7O3/c1-16(2)13-19(24(32)33)18(23-27-29-30-28-23)14-17-7-8-22(26-15-17)34-21-6-4-3-5-20(21)31-11-9-25-10-12-31/h3-8,15-16,18-19,25H,9-14H2,1-2H3,(H,32,33)(H,27,28,29,30)/t18-,19-/m0/s1. The number of tetrazole rings is 1. The van der Waals surface area contributed by atoms with Crippen molar-refractivity contribution in [2.45, 2.75) is 32.6 Å². The Labute approximate surface area is 198 Å². The summed E-state index contributed by atoms with van der Waals surface area (Å²) in [5, 5.41) is 27.5. The highest BCUT2D eigenvalue weighted by Gasteiger charge is 2.33. The third-order valence-electron chi connectivity index (χ3n) is 6.01. The molecule has 3 N–H and O–H groups in total. The Balaban J connectivity index is 1.50. The number of carboxylic acid groups (broad SMARTS) is 1. The van der Waals surface area contributed by atoms with Crippen molar-refractivity contribution in [1.29, 1.82) is 0 Å². The summed E-state index contributed by atoms with van der Waals surface area (Å²) in [6.45, 7) is 7.74. The Morgan fingerprint density at radius 2 is 1.97 bits per heavy atom. The zero-order valence-electron chi connectivity index (χ0n) is 19.5. The number of pyridine rings is 1. The predicted molar refractivity (Wildman–Crippen MR) is 127 cm³/mol. The van der Waals surface area contributed by atoms with Crippen molar-refractivity contribution in [1.82, 2.24) is 30.9 Å². The van der Waals surface area contributed by atoms with Crippen LogP contribution in [-0.2, 0) is 11.2 Å². The van der Waals surface area contributed by atoms with Gasteiger partial charge in [0.1, 0.15) is 0 Å². The largest absolute Gasteiger partial charge is 0.481 e. The second-order valence-corrected chi connectivity index (χ2v) is 8.97. The highest BCUT2D eigenvalue weighted by atomic mass is 16.5. The van der Waals surface area contributed by atoms with E-state index in [9.17, 15) is 9.90 Å². The molecule has 0 unspecified atom stereocenters. The van der Waals surface area contributed by atoms with Gasteiger partial charge < -0.3 is 20.1 Å². The molecule has 0 aliphatic carbocycles. The van der Waals surface area contributed by atoms with E-state index in [0.717, 1.165) is 43.2 Å². The molecule has 10 nitrogen and oxygen atoms in total. The number of para-hydroxylation sites is 2. The summed E-state index contributed by atoms with van der Waals surface area (Å²) >= 11 is 0. The average Bonchev–Trinajstić information content (AvgIpc) is 3.38. The molecular formula is C24H31N7O3. The summed E-state index contributed by atoms with van der Waals surface area (Å²) in [5.74, 6) is -0.0314. The number of hydrogen-bond donors (Lipinski definition) is 3. The molecule has 0 bridgehead atoms. The molecule has 1 aliphatic rings. The molecule has 4 rings (SSSR count). The van der Waals surface area contributed by atoms with E-state index in [2.05, 4.69) is 41.9 Å². The SMILES string of the molecule is CC(C)C[C@H](C(=O)O)[C@H](Cc1ccc(Oc2ccccc2N2CCNCC2)nc1)c1nn[nH]n1. The highest BCUT2D eigenvalue weighted by Crippen LogP contribution is 2.33. The number of carboxylic acids is 1. The summed E-state index contributed by atoms with van der Waals surface area (Å²) in [5.41, 5.74) is 1.93. The van der Waals surface area contributed by atoms with Gasteiger partial charge in [0.2, 0.25) is 5.88 Å². The lowest BCUT2D eigenvalue weighted by molar-refractivity contribution is -0.143. The first kappa shape index (κ1) is 23.6.